The quantitative estimate of drug-likeness (QED) is 0.870. The lowest BCUT2D eigenvalue weighted by molar-refractivity contribution is -0.118. The van der Waals surface area contributed by atoms with E-state index in [2.05, 4.69) is 10.6 Å². The SMILES string of the molecule is CC1(C)Cc2cccc(OCC(=O)Nc3ccc4c(c3)NC(=O)CC4)c2O1. The Labute approximate surface area is 157 Å². The van der Waals surface area contributed by atoms with Crippen LogP contribution >= 0.6 is 0 Å². The molecule has 0 fully saturated rings. The normalized spacial score (nSPS) is 16.6. The Kier molecular flexibility index (Phi) is 4.26. The van der Waals surface area contributed by atoms with Crippen LogP contribution in [0.5, 0.6) is 11.5 Å². The Balaban J connectivity index is 1.40. The average molecular weight is 366 g/mol. The number of amides is 2. The summed E-state index contributed by atoms with van der Waals surface area (Å²) >= 11 is 0. The highest BCUT2D eigenvalue weighted by atomic mass is 16.5. The average Bonchev–Trinajstić information content (AvgIpc) is 2.94. The van der Waals surface area contributed by atoms with Crippen molar-refractivity contribution in [1.82, 2.24) is 0 Å². The molecular weight excluding hydrogens is 344 g/mol. The van der Waals surface area contributed by atoms with Crippen molar-refractivity contribution in [2.45, 2.75) is 38.7 Å². The van der Waals surface area contributed by atoms with Crippen LogP contribution < -0.4 is 20.1 Å². The molecule has 2 aliphatic heterocycles. The molecule has 0 aromatic heterocycles. The van der Waals surface area contributed by atoms with Gasteiger partial charge in [-0.25, -0.2) is 0 Å². The van der Waals surface area contributed by atoms with Crippen LogP contribution in [-0.4, -0.2) is 24.0 Å². The summed E-state index contributed by atoms with van der Waals surface area (Å²) in [6.07, 6.45) is 2.02. The van der Waals surface area contributed by atoms with Crippen LogP contribution in [0.1, 0.15) is 31.4 Å². The molecule has 140 valence electrons. The number of fused-ring (bicyclic) bond motifs is 2. The molecule has 0 aliphatic carbocycles. The molecule has 0 radical (unpaired) electrons. The molecular formula is C21H22N2O4. The lowest BCUT2D eigenvalue weighted by Gasteiger charge is -2.18. The molecule has 2 heterocycles. The lowest BCUT2D eigenvalue weighted by atomic mass is 10.0. The molecule has 4 rings (SSSR count). The van der Waals surface area contributed by atoms with Crippen molar-refractivity contribution in [2.24, 2.45) is 0 Å². The summed E-state index contributed by atoms with van der Waals surface area (Å²) in [5, 5.41) is 5.63. The van der Waals surface area contributed by atoms with Gasteiger partial charge < -0.3 is 20.1 Å². The molecule has 6 heteroatoms. The van der Waals surface area contributed by atoms with Crippen LogP contribution in [0.3, 0.4) is 0 Å². The van der Waals surface area contributed by atoms with Crippen molar-refractivity contribution in [1.29, 1.82) is 0 Å². The number of nitrogens with one attached hydrogen (secondary N) is 2. The van der Waals surface area contributed by atoms with Gasteiger partial charge in [0.15, 0.2) is 18.1 Å². The summed E-state index contributed by atoms with van der Waals surface area (Å²) in [6.45, 7) is 3.93. The Morgan fingerprint density at radius 1 is 1.22 bits per heavy atom. The van der Waals surface area contributed by atoms with Crippen molar-refractivity contribution in [3.05, 3.63) is 47.5 Å². The minimum Gasteiger partial charge on any atom is -0.483 e. The van der Waals surface area contributed by atoms with E-state index in [9.17, 15) is 9.59 Å². The van der Waals surface area contributed by atoms with Gasteiger partial charge in [0.1, 0.15) is 5.60 Å². The van der Waals surface area contributed by atoms with Crippen molar-refractivity contribution in [2.75, 3.05) is 17.2 Å². The summed E-state index contributed by atoms with van der Waals surface area (Å²) < 4.78 is 11.7. The Morgan fingerprint density at radius 3 is 2.93 bits per heavy atom. The zero-order chi connectivity index (χ0) is 19.0. The highest BCUT2D eigenvalue weighted by Crippen LogP contribution is 2.41. The second kappa shape index (κ2) is 6.61. The third-order valence-corrected chi connectivity index (χ3v) is 4.70. The molecule has 0 unspecified atom stereocenters. The highest BCUT2D eigenvalue weighted by molar-refractivity contribution is 5.96. The van der Waals surface area contributed by atoms with E-state index in [0.29, 0.717) is 30.0 Å². The van der Waals surface area contributed by atoms with Crippen LogP contribution in [-0.2, 0) is 22.4 Å². The smallest absolute Gasteiger partial charge is 0.262 e. The Bertz CT molecular complexity index is 920. The van der Waals surface area contributed by atoms with Gasteiger partial charge in [0, 0.05) is 29.8 Å². The first-order chi connectivity index (χ1) is 12.9. The first kappa shape index (κ1) is 17.4. The van der Waals surface area contributed by atoms with Crippen molar-refractivity contribution in [3.63, 3.8) is 0 Å². The summed E-state index contributed by atoms with van der Waals surface area (Å²) in [4.78, 5) is 23.8. The molecule has 27 heavy (non-hydrogen) atoms. The highest BCUT2D eigenvalue weighted by Gasteiger charge is 2.32. The number of aryl methyl sites for hydroxylation is 1. The fourth-order valence-electron chi connectivity index (χ4n) is 3.49. The van der Waals surface area contributed by atoms with Gasteiger partial charge in [0.05, 0.1) is 0 Å². The van der Waals surface area contributed by atoms with Crippen LogP contribution in [0.15, 0.2) is 36.4 Å². The lowest BCUT2D eigenvalue weighted by Crippen LogP contribution is -2.25. The van der Waals surface area contributed by atoms with Gasteiger partial charge in [0.2, 0.25) is 5.91 Å². The van der Waals surface area contributed by atoms with E-state index in [0.717, 1.165) is 23.2 Å². The molecule has 2 aliphatic rings. The monoisotopic (exact) mass is 366 g/mol. The molecule has 0 spiro atoms. The van der Waals surface area contributed by atoms with Crippen LogP contribution in [0.2, 0.25) is 0 Å². The van der Waals surface area contributed by atoms with E-state index < -0.39 is 0 Å². The van der Waals surface area contributed by atoms with Crippen molar-refractivity contribution < 1.29 is 19.1 Å². The fraction of sp³-hybridized carbons (Fsp3) is 0.333. The van der Waals surface area contributed by atoms with Crippen molar-refractivity contribution in [3.8, 4) is 11.5 Å². The fourth-order valence-corrected chi connectivity index (χ4v) is 3.49. The number of hydrogen-bond acceptors (Lipinski definition) is 4. The largest absolute Gasteiger partial charge is 0.483 e. The van der Waals surface area contributed by atoms with Gasteiger partial charge in [-0.05, 0) is 44.0 Å². The van der Waals surface area contributed by atoms with E-state index in [-0.39, 0.29) is 24.0 Å². The minimum absolute atomic E-state index is 0.00447. The van der Waals surface area contributed by atoms with Crippen molar-refractivity contribution >= 4 is 23.2 Å². The van der Waals surface area contributed by atoms with Gasteiger partial charge in [-0.2, -0.15) is 0 Å². The van der Waals surface area contributed by atoms with Crippen LogP contribution in [0.4, 0.5) is 11.4 Å². The zero-order valence-electron chi connectivity index (χ0n) is 15.4. The topological polar surface area (TPSA) is 76.7 Å². The number of para-hydroxylation sites is 1. The standard InChI is InChI=1S/C21H22N2O4/c1-21(2)11-14-4-3-5-17(20(14)27-21)26-12-19(25)22-15-8-6-13-7-9-18(24)23-16(13)10-15/h3-6,8,10H,7,9,11-12H2,1-2H3,(H,22,25)(H,23,24). The molecule has 2 aromatic carbocycles. The van der Waals surface area contributed by atoms with Gasteiger partial charge in [0.25, 0.3) is 5.91 Å². The molecule has 0 saturated carbocycles. The number of rotatable bonds is 4. The van der Waals surface area contributed by atoms with Gasteiger partial charge >= 0.3 is 0 Å². The van der Waals surface area contributed by atoms with Gasteiger partial charge in [-0.3, -0.25) is 9.59 Å². The molecule has 0 atom stereocenters. The number of hydrogen-bond donors (Lipinski definition) is 2. The summed E-state index contributed by atoms with van der Waals surface area (Å²) in [6, 6.07) is 11.3. The first-order valence-electron chi connectivity index (χ1n) is 9.06. The Hall–Kier alpha value is -3.02. The van der Waals surface area contributed by atoms with E-state index >= 15 is 0 Å². The second-order valence-electron chi connectivity index (χ2n) is 7.54. The molecule has 2 amide bonds. The summed E-state index contributed by atoms with van der Waals surface area (Å²) in [5.74, 6) is 1.01. The molecule has 2 aromatic rings. The number of benzene rings is 2. The maximum atomic E-state index is 12.3. The second-order valence-corrected chi connectivity index (χ2v) is 7.54. The summed E-state index contributed by atoms with van der Waals surface area (Å²) in [5.41, 5.74) is 3.27. The Morgan fingerprint density at radius 2 is 2.07 bits per heavy atom. The number of anilines is 2. The first-order valence-corrected chi connectivity index (χ1v) is 9.06. The molecule has 6 nitrogen and oxygen atoms in total. The molecule has 0 bridgehead atoms. The van der Waals surface area contributed by atoms with E-state index in [1.54, 1.807) is 6.07 Å². The van der Waals surface area contributed by atoms with E-state index in [1.807, 2.05) is 44.2 Å². The van der Waals surface area contributed by atoms with Gasteiger partial charge in [-0.15, -0.1) is 0 Å². The predicted octanol–water partition coefficient (Wildman–Crippen LogP) is 3.30. The van der Waals surface area contributed by atoms with Crippen LogP contribution in [0, 0.1) is 0 Å². The maximum absolute atomic E-state index is 12.3. The zero-order valence-corrected chi connectivity index (χ0v) is 15.4. The summed E-state index contributed by atoms with van der Waals surface area (Å²) in [7, 11) is 0. The van der Waals surface area contributed by atoms with E-state index in [1.165, 1.54) is 0 Å². The minimum atomic E-state index is -0.271. The number of carbonyl (C=O) groups excluding carboxylic acids is 2. The molecule has 2 N–H and O–H groups in total. The molecule has 0 saturated heterocycles. The number of ether oxygens (including phenoxy) is 2. The third kappa shape index (κ3) is 3.74. The van der Waals surface area contributed by atoms with Crippen LogP contribution in [0.25, 0.3) is 0 Å². The number of carbonyl (C=O) groups is 2. The van der Waals surface area contributed by atoms with E-state index in [4.69, 9.17) is 9.47 Å². The third-order valence-electron chi connectivity index (χ3n) is 4.70. The van der Waals surface area contributed by atoms with Gasteiger partial charge in [-0.1, -0.05) is 18.2 Å². The predicted molar refractivity (Wildman–Crippen MR) is 102 cm³/mol. The maximum Gasteiger partial charge on any atom is 0.262 e.